The van der Waals surface area contributed by atoms with Crippen molar-refractivity contribution in [2.24, 2.45) is 0 Å². The first kappa shape index (κ1) is 10.6. The van der Waals surface area contributed by atoms with Crippen molar-refractivity contribution >= 4 is 21.6 Å². The lowest BCUT2D eigenvalue weighted by atomic mass is 10.2. The van der Waals surface area contributed by atoms with Gasteiger partial charge in [-0.15, -0.1) is 0 Å². The zero-order valence-corrected chi connectivity index (χ0v) is 8.63. The number of nitrogens with zero attached hydrogens (tertiary/aromatic N) is 1. The molecule has 0 radical (unpaired) electrons. The summed E-state index contributed by atoms with van der Waals surface area (Å²) < 4.78 is 23.9. The van der Waals surface area contributed by atoms with Crippen molar-refractivity contribution in [2.45, 2.75) is 6.92 Å². The lowest BCUT2D eigenvalue weighted by Gasteiger charge is -2.03. The van der Waals surface area contributed by atoms with Crippen LogP contribution in [0.1, 0.15) is 17.3 Å². The van der Waals surface area contributed by atoms with Gasteiger partial charge in [0.15, 0.2) is 5.78 Å². The Kier molecular flexibility index (Phi) is 2.85. The maximum absolute atomic E-state index is 11.0. The molecule has 0 saturated carbocycles. The standard InChI is InChI=1S/C8H10N2O3S/c1-6(11)7-3-4-9-8(5-7)10-14(2,12)13/h3-5H,1-2H3,(H,9,10). The van der Waals surface area contributed by atoms with Crippen LogP contribution in [-0.4, -0.2) is 25.4 Å². The van der Waals surface area contributed by atoms with E-state index in [1.54, 1.807) is 0 Å². The Bertz CT molecular complexity index is 453. The van der Waals surface area contributed by atoms with Gasteiger partial charge in [0.05, 0.1) is 6.26 Å². The number of anilines is 1. The highest BCUT2D eigenvalue weighted by molar-refractivity contribution is 7.92. The molecule has 0 aliphatic carbocycles. The maximum atomic E-state index is 11.0. The van der Waals surface area contributed by atoms with Crippen LogP contribution in [-0.2, 0) is 10.0 Å². The molecule has 0 aliphatic rings. The third-order valence-corrected chi connectivity index (χ3v) is 2.04. The molecule has 0 unspecified atom stereocenters. The molecule has 0 atom stereocenters. The van der Waals surface area contributed by atoms with Crippen LogP contribution in [0, 0.1) is 0 Å². The van der Waals surface area contributed by atoms with E-state index >= 15 is 0 Å². The van der Waals surface area contributed by atoms with E-state index in [-0.39, 0.29) is 11.6 Å². The van der Waals surface area contributed by atoms with Crippen molar-refractivity contribution in [2.75, 3.05) is 11.0 Å². The van der Waals surface area contributed by atoms with Crippen LogP contribution in [0.5, 0.6) is 0 Å². The van der Waals surface area contributed by atoms with Gasteiger partial charge < -0.3 is 0 Å². The number of rotatable bonds is 3. The SMILES string of the molecule is CC(=O)c1ccnc(NS(C)(=O)=O)c1. The van der Waals surface area contributed by atoms with Crippen LogP contribution in [0.2, 0.25) is 0 Å². The third kappa shape index (κ3) is 3.14. The zero-order chi connectivity index (χ0) is 10.8. The Labute approximate surface area is 82.2 Å². The van der Waals surface area contributed by atoms with Gasteiger partial charge in [0, 0.05) is 11.8 Å². The van der Waals surface area contributed by atoms with E-state index in [1.807, 2.05) is 0 Å². The molecule has 0 saturated heterocycles. The molecule has 0 spiro atoms. The third-order valence-electron chi connectivity index (χ3n) is 1.46. The summed E-state index contributed by atoms with van der Waals surface area (Å²) in [6, 6.07) is 2.92. The molecular formula is C8H10N2O3S. The van der Waals surface area contributed by atoms with E-state index < -0.39 is 10.0 Å². The quantitative estimate of drug-likeness (QED) is 0.750. The summed E-state index contributed by atoms with van der Waals surface area (Å²) in [5, 5.41) is 0. The number of Topliss-reactive ketones (excluding diaryl/α,β-unsaturated/α-hetero) is 1. The first-order chi connectivity index (χ1) is 6.38. The normalized spacial score (nSPS) is 11.0. The Morgan fingerprint density at radius 3 is 2.64 bits per heavy atom. The lowest BCUT2D eigenvalue weighted by molar-refractivity contribution is 0.101. The topological polar surface area (TPSA) is 76.1 Å². The van der Waals surface area contributed by atoms with Crippen molar-refractivity contribution in [3.05, 3.63) is 23.9 Å². The van der Waals surface area contributed by atoms with Crippen LogP contribution in [0.3, 0.4) is 0 Å². The second-order valence-electron chi connectivity index (χ2n) is 2.86. The predicted octanol–water partition coefficient (Wildman–Crippen LogP) is 0.656. The van der Waals surface area contributed by atoms with Crippen molar-refractivity contribution in [1.29, 1.82) is 0 Å². The van der Waals surface area contributed by atoms with Crippen LogP contribution < -0.4 is 4.72 Å². The molecule has 5 nitrogen and oxygen atoms in total. The number of sulfonamides is 1. The molecule has 76 valence electrons. The van der Waals surface area contributed by atoms with Crippen LogP contribution >= 0.6 is 0 Å². The van der Waals surface area contributed by atoms with Gasteiger partial charge in [-0.1, -0.05) is 0 Å². The van der Waals surface area contributed by atoms with Gasteiger partial charge in [-0.05, 0) is 19.1 Å². The monoisotopic (exact) mass is 214 g/mol. The van der Waals surface area contributed by atoms with Crippen LogP contribution in [0.25, 0.3) is 0 Å². The number of pyridine rings is 1. The fourth-order valence-corrected chi connectivity index (χ4v) is 1.39. The average molecular weight is 214 g/mol. The van der Waals surface area contributed by atoms with Crippen molar-refractivity contribution < 1.29 is 13.2 Å². The van der Waals surface area contributed by atoms with E-state index in [0.29, 0.717) is 5.56 Å². The molecule has 0 amide bonds. The number of ketones is 1. The number of hydrogen-bond acceptors (Lipinski definition) is 4. The predicted molar refractivity (Wildman–Crippen MR) is 52.7 cm³/mol. The van der Waals surface area contributed by atoms with Gasteiger partial charge in [0.2, 0.25) is 10.0 Å². The number of aromatic nitrogens is 1. The molecule has 1 aromatic heterocycles. The summed E-state index contributed by atoms with van der Waals surface area (Å²) in [7, 11) is -3.34. The smallest absolute Gasteiger partial charge is 0.230 e. The molecule has 0 aromatic carbocycles. The van der Waals surface area contributed by atoms with Gasteiger partial charge in [-0.3, -0.25) is 9.52 Å². The highest BCUT2D eigenvalue weighted by atomic mass is 32.2. The Balaban J connectivity index is 3.01. The van der Waals surface area contributed by atoms with Gasteiger partial charge >= 0.3 is 0 Å². The van der Waals surface area contributed by atoms with Gasteiger partial charge in [-0.25, -0.2) is 13.4 Å². The van der Waals surface area contributed by atoms with Gasteiger partial charge in [0.1, 0.15) is 5.82 Å². The van der Waals surface area contributed by atoms with Crippen molar-refractivity contribution in [1.82, 2.24) is 4.98 Å². The minimum atomic E-state index is -3.34. The molecule has 0 bridgehead atoms. The lowest BCUT2D eigenvalue weighted by Crippen LogP contribution is -2.11. The molecule has 14 heavy (non-hydrogen) atoms. The zero-order valence-electron chi connectivity index (χ0n) is 7.81. The summed E-state index contributed by atoms with van der Waals surface area (Å²) in [6.07, 6.45) is 2.40. The van der Waals surface area contributed by atoms with Crippen molar-refractivity contribution in [3.8, 4) is 0 Å². The van der Waals surface area contributed by atoms with Gasteiger partial charge in [0.25, 0.3) is 0 Å². The Morgan fingerprint density at radius 1 is 1.50 bits per heavy atom. The van der Waals surface area contributed by atoms with Gasteiger partial charge in [-0.2, -0.15) is 0 Å². The minimum Gasteiger partial charge on any atom is -0.295 e. The summed E-state index contributed by atoms with van der Waals surface area (Å²) in [4.78, 5) is 14.7. The Hall–Kier alpha value is -1.43. The molecule has 1 heterocycles. The summed E-state index contributed by atoms with van der Waals surface area (Å²) in [5.41, 5.74) is 0.422. The summed E-state index contributed by atoms with van der Waals surface area (Å²) in [5.74, 6) is 0.0177. The molecule has 1 aromatic rings. The molecule has 0 fully saturated rings. The van der Waals surface area contributed by atoms with E-state index in [9.17, 15) is 13.2 Å². The highest BCUT2D eigenvalue weighted by Crippen LogP contribution is 2.08. The van der Waals surface area contributed by atoms with Crippen LogP contribution in [0.15, 0.2) is 18.3 Å². The van der Waals surface area contributed by atoms with Crippen molar-refractivity contribution in [3.63, 3.8) is 0 Å². The number of hydrogen-bond donors (Lipinski definition) is 1. The average Bonchev–Trinajstić information content (AvgIpc) is 2.01. The Morgan fingerprint density at radius 2 is 2.14 bits per heavy atom. The molecule has 0 aliphatic heterocycles. The fourth-order valence-electron chi connectivity index (χ4n) is 0.895. The van der Waals surface area contributed by atoms with E-state index in [2.05, 4.69) is 9.71 Å². The second-order valence-corrected chi connectivity index (χ2v) is 4.61. The first-order valence-electron chi connectivity index (χ1n) is 3.83. The maximum Gasteiger partial charge on any atom is 0.230 e. The first-order valence-corrected chi connectivity index (χ1v) is 5.72. The van der Waals surface area contributed by atoms with Crippen LogP contribution in [0.4, 0.5) is 5.82 Å². The summed E-state index contributed by atoms with van der Waals surface area (Å²) in [6.45, 7) is 1.40. The van der Waals surface area contributed by atoms with E-state index in [0.717, 1.165) is 6.26 Å². The number of carbonyl (C=O) groups excluding carboxylic acids is 1. The number of nitrogens with one attached hydrogen (secondary N) is 1. The minimum absolute atomic E-state index is 0.135. The molecule has 1 N–H and O–H groups in total. The molecule has 1 rings (SSSR count). The number of carbonyl (C=O) groups is 1. The highest BCUT2D eigenvalue weighted by Gasteiger charge is 2.05. The molecule has 6 heteroatoms. The summed E-state index contributed by atoms with van der Waals surface area (Å²) >= 11 is 0. The van der Waals surface area contributed by atoms with E-state index in [4.69, 9.17) is 0 Å². The largest absolute Gasteiger partial charge is 0.295 e. The van der Waals surface area contributed by atoms with E-state index in [1.165, 1.54) is 25.3 Å². The fraction of sp³-hybridized carbons (Fsp3) is 0.250. The second kappa shape index (κ2) is 3.75. The molecular weight excluding hydrogens is 204 g/mol.